The largest absolute Gasteiger partial charge is 0.483 e. The van der Waals surface area contributed by atoms with Crippen LogP contribution in [0.3, 0.4) is 0 Å². The Bertz CT molecular complexity index is 889. The van der Waals surface area contributed by atoms with Gasteiger partial charge in [0.2, 0.25) is 5.91 Å². The number of ketones is 1. The Balaban J connectivity index is 1.71. The van der Waals surface area contributed by atoms with Crippen LogP contribution >= 0.6 is 0 Å². The fraction of sp³-hybridized carbons (Fsp3) is 0.368. The summed E-state index contributed by atoms with van der Waals surface area (Å²) in [7, 11) is 0. The molecule has 0 aromatic heterocycles. The highest BCUT2D eigenvalue weighted by Crippen LogP contribution is 2.48. The van der Waals surface area contributed by atoms with Crippen molar-refractivity contribution in [3.05, 3.63) is 41.2 Å². The zero-order chi connectivity index (χ0) is 17.9. The molecule has 0 unspecified atom stereocenters. The Labute approximate surface area is 144 Å². The molecule has 0 N–H and O–H groups in total. The average molecular weight is 336 g/mol. The molecule has 0 bridgehead atoms. The Morgan fingerprint density at radius 2 is 1.80 bits per heavy atom. The molecule has 126 valence electrons. The van der Waals surface area contributed by atoms with E-state index in [0.29, 0.717) is 35.4 Å². The third-order valence-corrected chi connectivity index (χ3v) is 4.97. The van der Waals surface area contributed by atoms with Gasteiger partial charge in [-0.15, -0.1) is 0 Å². The van der Waals surface area contributed by atoms with Gasteiger partial charge in [0.1, 0.15) is 11.7 Å². The number of nitrogens with zero attached hydrogens (tertiary/aromatic N) is 2. The highest BCUT2D eigenvalue weighted by Gasteiger charge is 2.59. The third-order valence-electron chi connectivity index (χ3n) is 4.97. The van der Waals surface area contributed by atoms with Crippen molar-refractivity contribution in [1.29, 1.82) is 5.26 Å². The number of anilines is 1. The van der Waals surface area contributed by atoms with Gasteiger partial charge in [-0.25, -0.2) is 4.90 Å². The number of ether oxygens (including phenoxy) is 1. The topological polar surface area (TPSA) is 87.5 Å². The molecule has 25 heavy (non-hydrogen) atoms. The van der Waals surface area contributed by atoms with E-state index in [4.69, 9.17) is 10.00 Å². The maximum absolute atomic E-state index is 12.9. The van der Waals surface area contributed by atoms with E-state index in [1.54, 1.807) is 24.3 Å². The van der Waals surface area contributed by atoms with E-state index < -0.39 is 23.8 Å². The minimum atomic E-state index is -0.953. The van der Waals surface area contributed by atoms with Gasteiger partial charge >= 0.3 is 0 Å². The van der Waals surface area contributed by atoms with Crippen LogP contribution in [0.4, 0.5) is 5.69 Å². The Hall–Kier alpha value is -2.94. The summed E-state index contributed by atoms with van der Waals surface area (Å²) < 4.78 is 5.77. The van der Waals surface area contributed by atoms with Crippen LogP contribution in [-0.2, 0) is 19.1 Å². The summed E-state index contributed by atoms with van der Waals surface area (Å²) in [6.07, 6.45) is -0.0547. The molecule has 0 saturated carbocycles. The lowest BCUT2D eigenvalue weighted by atomic mass is 9.74. The maximum atomic E-state index is 12.9. The van der Waals surface area contributed by atoms with Gasteiger partial charge < -0.3 is 4.74 Å². The van der Waals surface area contributed by atoms with Crippen LogP contribution in [0, 0.1) is 22.7 Å². The molecule has 1 saturated heterocycles. The molecule has 6 nitrogen and oxygen atoms in total. The number of fused-ring (bicyclic) bond motifs is 2. The first-order valence-electron chi connectivity index (χ1n) is 8.13. The highest BCUT2D eigenvalue weighted by atomic mass is 16.5. The minimum absolute atomic E-state index is 0.110. The monoisotopic (exact) mass is 336 g/mol. The van der Waals surface area contributed by atoms with E-state index in [1.807, 2.05) is 19.9 Å². The summed E-state index contributed by atoms with van der Waals surface area (Å²) in [5.41, 5.74) is 0.971. The van der Waals surface area contributed by atoms with Crippen LogP contribution in [0.15, 0.2) is 35.6 Å². The molecule has 2 atom stereocenters. The number of nitriles is 1. The van der Waals surface area contributed by atoms with Crippen LogP contribution in [0.25, 0.3) is 0 Å². The first kappa shape index (κ1) is 15.6. The lowest BCUT2D eigenvalue weighted by Gasteiger charge is -2.29. The van der Waals surface area contributed by atoms with Gasteiger partial charge in [-0.3, -0.25) is 14.4 Å². The van der Waals surface area contributed by atoms with Gasteiger partial charge in [-0.1, -0.05) is 13.8 Å². The fourth-order valence-corrected chi connectivity index (χ4v) is 3.86. The molecule has 2 amide bonds. The second-order valence-corrected chi connectivity index (χ2v) is 7.46. The molecule has 3 aliphatic rings. The quantitative estimate of drug-likeness (QED) is 0.733. The van der Waals surface area contributed by atoms with Crippen LogP contribution < -0.4 is 4.90 Å². The average Bonchev–Trinajstić information content (AvgIpc) is 3.03. The van der Waals surface area contributed by atoms with Crippen molar-refractivity contribution >= 4 is 23.3 Å². The van der Waals surface area contributed by atoms with Crippen molar-refractivity contribution in [2.45, 2.75) is 32.8 Å². The highest BCUT2D eigenvalue weighted by molar-refractivity contribution is 6.26. The van der Waals surface area contributed by atoms with Gasteiger partial charge in [-0.05, 0) is 29.7 Å². The number of amides is 2. The van der Waals surface area contributed by atoms with E-state index in [1.165, 1.54) is 0 Å². The summed E-state index contributed by atoms with van der Waals surface area (Å²) in [4.78, 5) is 39.2. The first-order valence-corrected chi connectivity index (χ1v) is 8.13. The molecule has 1 aromatic rings. The smallest absolute Gasteiger partial charge is 0.276 e. The van der Waals surface area contributed by atoms with E-state index in [9.17, 15) is 14.4 Å². The van der Waals surface area contributed by atoms with Gasteiger partial charge in [0.25, 0.3) is 5.91 Å². The molecule has 2 heterocycles. The van der Waals surface area contributed by atoms with Crippen LogP contribution in [-0.4, -0.2) is 23.7 Å². The minimum Gasteiger partial charge on any atom is -0.483 e. The standard InChI is InChI=1S/C19H16N2O4/c1-19(2)7-12(22)14-13(8-19)25-16-15(14)17(23)21(18(16)24)11-5-3-10(9-20)4-6-11/h3-6,15-16H,7-8H2,1-2H3/t15-,16+/m1/s1. The van der Waals surface area contributed by atoms with Crippen LogP contribution in [0.2, 0.25) is 0 Å². The Morgan fingerprint density at radius 3 is 2.44 bits per heavy atom. The van der Waals surface area contributed by atoms with E-state index >= 15 is 0 Å². The predicted molar refractivity (Wildman–Crippen MR) is 87.1 cm³/mol. The lowest BCUT2D eigenvalue weighted by molar-refractivity contribution is -0.126. The number of hydrogen-bond acceptors (Lipinski definition) is 5. The van der Waals surface area contributed by atoms with Crippen molar-refractivity contribution in [3.8, 4) is 6.07 Å². The van der Waals surface area contributed by atoms with Gasteiger partial charge in [0, 0.05) is 18.4 Å². The molecule has 1 aliphatic carbocycles. The van der Waals surface area contributed by atoms with Crippen LogP contribution in [0.1, 0.15) is 32.3 Å². The van der Waals surface area contributed by atoms with Crippen molar-refractivity contribution in [2.24, 2.45) is 11.3 Å². The second-order valence-electron chi connectivity index (χ2n) is 7.46. The van der Waals surface area contributed by atoms with Gasteiger partial charge in [0.15, 0.2) is 11.9 Å². The number of carbonyl (C=O) groups is 3. The molecule has 0 spiro atoms. The SMILES string of the molecule is CC1(C)CC(=O)C2=C(C1)O[C@@H]1C(=O)N(c3ccc(C#N)cc3)C(=O)[C@H]21. The number of Topliss-reactive ketones (excluding diaryl/α,β-unsaturated/α-hetero) is 1. The van der Waals surface area contributed by atoms with Crippen molar-refractivity contribution in [2.75, 3.05) is 4.90 Å². The number of imide groups is 1. The maximum Gasteiger partial charge on any atom is 0.276 e. The molecule has 2 aliphatic heterocycles. The second kappa shape index (κ2) is 5.03. The lowest BCUT2D eigenvalue weighted by Crippen LogP contribution is -2.34. The molecular weight excluding hydrogens is 320 g/mol. The number of benzene rings is 1. The van der Waals surface area contributed by atoms with Crippen LogP contribution in [0.5, 0.6) is 0 Å². The molecule has 1 aromatic carbocycles. The van der Waals surface area contributed by atoms with E-state index in [2.05, 4.69) is 0 Å². The third kappa shape index (κ3) is 2.19. The Kier molecular flexibility index (Phi) is 3.13. The fourth-order valence-electron chi connectivity index (χ4n) is 3.86. The van der Waals surface area contributed by atoms with Gasteiger partial charge in [-0.2, -0.15) is 5.26 Å². The summed E-state index contributed by atoms with van der Waals surface area (Å²) in [6, 6.07) is 8.19. The Morgan fingerprint density at radius 1 is 1.12 bits per heavy atom. The summed E-state index contributed by atoms with van der Waals surface area (Å²) >= 11 is 0. The van der Waals surface area contributed by atoms with Crippen molar-refractivity contribution in [3.63, 3.8) is 0 Å². The molecule has 4 rings (SSSR count). The normalized spacial score (nSPS) is 27.1. The van der Waals surface area contributed by atoms with E-state index in [-0.39, 0.29) is 11.2 Å². The van der Waals surface area contributed by atoms with Crippen molar-refractivity contribution < 1.29 is 19.1 Å². The molecular formula is C19H16N2O4. The number of carbonyl (C=O) groups excluding carboxylic acids is 3. The van der Waals surface area contributed by atoms with Gasteiger partial charge in [0.05, 0.1) is 17.3 Å². The zero-order valence-corrected chi connectivity index (χ0v) is 13.9. The molecule has 0 radical (unpaired) electrons. The van der Waals surface area contributed by atoms with Crippen molar-refractivity contribution in [1.82, 2.24) is 0 Å². The predicted octanol–water partition coefficient (Wildman–Crippen LogP) is 2.09. The molecule has 6 heteroatoms. The zero-order valence-electron chi connectivity index (χ0n) is 13.9. The summed E-state index contributed by atoms with van der Waals surface area (Å²) in [5, 5.41) is 8.87. The summed E-state index contributed by atoms with van der Waals surface area (Å²) in [6.45, 7) is 3.94. The number of hydrogen-bond donors (Lipinski definition) is 0. The number of rotatable bonds is 1. The summed E-state index contributed by atoms with van der Waals surface area (Å²) in [5.74, 6) is -1.35. The van der Waals surface area contributed by atoms with E-state index in [0.717, 1.165) is 4.90 Å². The first-order chi connectivity index (χ1) is 11.8. The number of allylic oxidation sites excluding steroid dienone is 1. The molecule has 1 fully saturated rings.